The lowest BCUT2D eigenvalue weighted by atomic mass is 10.1. The van der Waals surface area contributed by atoms with Crippen LogP contribution in [0.3, 0.4) is 0 Å². The third kappa shape index (κ3) is 4.57. The average molecular weight is 360 g/mol. The van der Waals surface area contributed by atoms with E-state index in [1.807, 2.05) is 24.3 Å². The summed E-state index contributed by atoms with van der Waals surface area (Å²) >= 11 is 11.9. The molecule has 122 valence electrons. The van der Waals surface area contributed by atoms with E-state index in [0.717, 1.165) is 18.7 Å². The molecule has 0 aliphatic rings. The third-order valence-electron chi connectivity index (χ3n) is 3.29. The predicted molar refractivity (Wildman–Crippen MR) is 98.2 cm³/mol. The number of rotatable bonds is 6. The van der Waals surface area contributed by atoms with Crippen molar-refractivity contribution < 1.29 is 0 Å². The van der Waals surface area contributed by atoms with Gasteiger partial charge in [-0.1, -0.05) is 53.5 Å². The van der Waals surface area contributed by atoms with Gasteiger partial charge in [0.05, 0.1) is 16.2 Å². The van der Waals surface area contributed by atoms with Crippen molar-refractivity contribution in [2.45, 2.75) is 6.42 Å². The normalized spacial score (nSPS) is 10.4. The fourth-order valence-electron chi connectivity index (χ4n) is 2.12. The van der Waals surface area contributed by atoms with E-state index in [0.29, 0.717) is 21.8 Å². The highest BCUT2D eigenvalue weighted by atomic mass is 35.5. The molecule has 0 aliphatic heterocycles. The van der Waals surface area contributed by atoms with Crippen LogP contribution in [0.5, 0.6) is 0 Å². The Kier molecular flexibility index (Phi) is 5.46. The molecule has 1 heterocycles. The zero-order chi connectivity index (χ0) is 16.8. The van der Waals surface area contributed by atoms with Gasteiger partial charge in [-0.25, -0.2) is 0 Å². The maximum Gasteiger partial charge on any atom is 0.244 e. The molecule has 24 heavy (non-hydrogen) atoms. The second-order valence-corrected chi connectivity index (χ2v) is 5.90. The minimum absolute atomic E-state index is 0.469. The van der Waals surface area contributed by atoms with Gasteiger partial charge in [0.25, 0.3) is 0 Å². The summed E-state index contributed by atoms with van der Waals surface area (Å²) in [6.45, 7) is 0.724. The van der Waals surface area contributed by atoms with E-state index in [9.17, 15) is 0 Å². The van der Waals surface area contributed by atoms with Crippen molar-refractivity contribution in [3.63, 3.8) is 0 Å². The first-order chi connectivity index (χ1) is 11.7. The van der Waals surface area contributed by atoms with E-state index < -0.39 is 0 Å². The van der Waals surface area contributed by atoms with Crippen molar-refractivity contribution in [2.24, 2.45) is 0 Å². The molecule has 0 aliphatic carbocycles. The topological polar surface area (TPSA) is 62.7 Å². The smallest absolute Gasteiger partial charge is 0.244 e. The maximum absolute atomic E-state index is 6.01. The van der Waals surface area contributed by atoms with Gasteiger partial charge in [0.15, 0.2) is 5.82 Å². The summed E-state index contributed by atoms with van der Waals surface area (Å²) in [6.07, 6.45) is 2.43. The van der Waals surface area contributed by atoms with Crippen LogP contribution in [0.25, 0.3) is 0 Å². The highest BCUT2D eigenvalue weighted by Gasteiger charge is 2.03. The largest absolute Gasteiger partial charge is 0.353 e. The Hall–Kier alpha value is -2.37. The lowest BCUT2D eigenvalue weighted by Gasteiger charge is -2.08. The van der Waals surface area contributed by atoms with E-state index in [1.54, 1.807) is 18.3 Å². The number of nitrogens with zero attached hydrogens (tertiary/aromatic N) is 3. The Morgan fingerprint density at radius 1 is 0.958 bits per heavy atom. The number of benzene rings is 2. The number of hydrogen-bond donors (Lipinski definition) is 2. The number of hydrogen-bond acceptors (Lipinski definition) is 5. The van der Waals surface area contributed by atoms with Crippen LogP contribution in [0, 0.1) is 0 Å². The summed E-state index contributed by atoms with van der Waals surface area (Å²) in [5, 5.41) is 15.2. The first-order valence-electron chi connectivity index (χ1n) is 7.40. The minimum atomic E-state index is 0.469. The lowest BCUT2D eigenvalue weighted by Crippen LogP contribution is -2.09. The molecule has 2 aromatic carbocycles. The molecule has 0 radical (unpaired) electrons. The standard InChI is InChI=1S/C17H15Cl2N5/c18-14-7-6-13(10-15(14)19)22-16-11-21-24-17(23-16)20-9-8-12-4-2-1-3-5-12/h1-7,10-11H,8-9H2,(H2,20,22,23,24). The van der Waals surface area contributed by atoms with Crippen molar-refractivity contribution >= 4 is 40.7 Å². The number of anilines is 3. The molecular weight excluding hydrogens is 345 g/mol. The zero-order valence-corrected chi connectivity index (χ0v) is 14.2. The Morgan fingerprint density at radius 2 is 1.79 bits per heavy atom. The van der Waals surface area contributed by atoms with Crippen LogP contribution in [0.4, 0.5) is 17.5 Å². The molecule has 0 atom stereocenters. The van der Waals surface area contributed by atoms with Crippen molar-refractivity contribution in [1.29, 1.82) is 0 Å². The summed E-state index contributed by atoms with van der Waals surface area (Å²) in [7, 11) is 0. The lowest BCUT2D eigenvalue weighted by molar-refractivity contribution is 0.929. The predicted octanol–water partition coefficient (Wildman–Crippen LogP) is 4.58. The van der Waals surface area contributed by atoms with E-state index >= 15 is 0 Å². The quantitative estimate of drug-likeness (QED) is 0.674. The fourth-order valence-corrected chi connectivity index (χ4v) is 2.42. The molecule has 0 spiro atoms. The van der Waals surface area contributed by atoms with Gasteiger partial charge in [-0.15, -0.1) is 5.10 Å². The van der Waals surface area contributed by atoms with E-state index in [2.05, 4.69) is 37.9 Å². The molecule has 0 amide bonds. The van der Waals surface area contributed by atoms with Crippen LogP contribution in [-0.2, 0) is 6.42 Å². The van der Waals surface area contributed by atoms with E-state index in [1.165, 1.54) is 5.56 Å². The van der Waals surface area contributed by atoms with Crippen molar-refractivity contribution in [3.8, 4) is 0 Å². The molecule has 0 unspecified atom stereocenters. The van der Waals surface area contributed by atoms with Gasteiger partial charge in [-0.2, -0.15) is 10.1 Å². The molecule has 0 saturated heterocycles. The van der Waals surface area contributed by atoms with Gasteiger partial charge in [-0.05, 0) is 30.2 Å². The number of nitrogens with one attached hydrogen (secondary N) is 2. The summed E-state index contributed by atoms with van der Waals surface area (Å²) in [5.74, 6) is 1.04. The van der Waals surface area contributed by atoms with Crippen LogP contribution >= 0.6 is 23.2 Å². The second-order valence-electron chi connectivity index (χ2n) is 5.08. The third-order valence-corrected chi connectivity index (χ3v) is 4.03. The van der Waals surface area contributed by atoms with Gasteiger partial charge >= 0.3 is 0 Å². The molecule has 7 heteroatoms. The van der Waals surface area contributed by atoms with Crippen LogP contribution in [-0.4, -0.2) is 21.7 Å². The summed E-state index contributed by atoms with van der Waals surface area (Å²) < 4.78 is 0. The van der Waals surface area contributed by atoms with Crippen molar-refractivity contribution in [2.75, 3.05) is 17.2 Å². The van der Waals surface area contributed by atoms with Gasteiger partial charge in [-0.3, -0.25) is 0 Å². The highest BCUT2D eigenvalue weighted by Crippen LogP contribution is 2.26. The average Bonchev–Trinajstić information content (AvgIpc) is 2.60. The Bertz CT molecular complexity index is 811. The maximum atomic E-state index is 6.01. The SMILES string of the molecule is Clc1ccc(Nc2cnnc(NCCc3ccccc3)n2)cc1Cl. The monoisotopic (exact) mass is 359 g/mol. The zero-order valence-electron chi connectivity index (χ0n) is 12.7. The molecule has 3 rings (SSSR count). The Labute approximate surface area is 150 Å². The van der Waals surface area contributed by atoms with Crippen LogP contribution in [0.1, 0.15) is 5.56 Å². The minimum Gasteiger partial charge on any atom is -0.353 e. The van der Waals surface area contributed by atoms with E-state index in [4.69, 9.17) is 23.2 Å². The summed E-state index contributed by atoms with van der Waals surface area (Å²) in [6, 6.07) is 15.5. The number of halogens is 2. The summed E-state index contributed by atoms with van der Waals surface area (Å²) in [4.78, 5) is 4.38. The van der Waals surface area contributed by atoms with Crippen LogP contribution in [0.15, 0.2) is 54.7 Å². The van der Waals surface area contributed by atoms with Crippen LogP contribution < -0.4 is 10.6 Å². The van der Waals surface area contributed by atoms with Gasteiger partial charge < -0.3 is 10.6 Å². The van der Waals surface area contributed by atoms with E-state index in [-0.39, 0.29) is 0 Å². The van der Waals surface area contributed by atoms with Crippen molar-refractivity contribution in [1.82, 2.24) is 15.2 Å². The summed E-state index contributed by atoms with van der Waals surface area (Å²) in [5.41, 5.74) is 2.03. The molecule has 0 saturated carbocycles. The van der Waals surface area contributed by atoms with Gasteiger partial charge in [0.2, 0.25) is 5.95 Å². The molecular formula is C17H15Cl2N5. The first-order valence-corrected chi connectivity index (χ1v) is 8.16. The molecule has 0 bridgehead atoms. The Morgan fingerprint density at radius 3 is 2.58 bits per heavy atom. The van der Waals surface area contributed by atoms with Gasteiger partial charge in [0, 0.05) is 12.2 Å². The van der Waals surface area contributed by atoms with Crippen LogP contribution in [0.2, 0.25) is 10.0 Å². The molecule has 2 N–H and O–H groups in total. The fraction of sp³-hybridized carbons (Fsp3) is 0.118. The molecule has 5 nitrogen and oxygen atoms in total. The first kappa shape index (κ1) is 16.5. The Balaban J connectivity index is 1.60. The molecule has 0 fully saturated rings. The highest BCUT2D eigenvalue weighted by molar-refractivity contribution is 6.42. The number of aromatic nitrogens is 3. The van der Waals surface area contributed by atoms with Gasteiger partial charge in [0.1, 0.15) is 0 Å². The second kappa shape index (κ2) is 7.95. The molecule has 1 aromatic heterocycles. The molecule has 3 aromatic rings. The van der Waals surface area contributed by atoms with Crippen molar-refractivity contribution in [3.05, 3.63) is 70.3 Å².